The van der Waals surface area contributed by atoms with Crippen molar-refractivity contribution in [1.82, 2.24) is 0 Å². The van der Waals surface area contributed by atoms with E-state index >= 15 is 0 Å². The summed E-state index contributed by atoms with van der Waals surface area (Å²) in [5.41, 5.74) is 1.61. The normalized spacial score (nSPS) is 10.3. The van der Waals surface area contributed by atoms with Gasteiger partial charge in [-0.15, -0.1) is 0 Å². The number of nitrogens with one attached hydrogen (secondary N) is 1. The highest BCUT2D eigenvalue weighted by molar-refractivity contribution is 6.37. The second-order valence-corrected chi connectivity index (χ2v) is 5.10. The van der Waals surface area contributed by atoms with Crippen molar-refractivity contribution in [3.63, 3.8) is 0 Å². The van der Waals surface area contributed by atoms with Gasteiger partial charge in [0.25, 0.3) is 5.91 Å². The number of hydrogen-bond donors (Lipinski definition) is 2. The van der Waals surface area contributed by atoms with Crippen LogP contribution in [0.25, 0.3) is 0 Å². The summed E-state index contributed by atoms with van der Waals surface area (Å²) in [5.74, 6) is -0.0197. The number of aliphatic hydroxyl groups is 1. The number of methoxy groups -OCH3 is 1. The maximum absolute atomic E-state index is 12.2. The zero-order chi connectivity index (χ0) is 15.4. The Bertz CT molecular complexity index is 651. The van der Waals surface area contributed by atoms with Gasteiger partial charge in [-0.1, -0.05) is 35.3 Å². The third-order valence-corrected chi connectivity index (χ3v) is 3.39. The third-order valence-electron chi connectivity index (χ3n) is 2.83. The molecule has 2 N–H and O–H groups in total. The average molecular weight is 326 g/mol. The monoisotopic (exact) mass is 325 g/mol. The lowest BCUT2D eigenvalue weighted by Gasteiger charge is -2.10. The third kappa shape index (κ3) is 3.67. The van der Waals surface area contributed by atoms with E-state index in [4.69, 9.17) is 33.0 Å². The second-order valence-electron chi connectivity index (χ2n) is 4.29. The fourth-order valence-corrected chi connectivity index (χ4v) is 2.48. The molecule has 0 saturated heterocycles. The Morgan fingerprint density at radius 1 is 1.24 bits per heavy atom. The summed E-state index contributed by atoms with van der Waals surface area (Å²) in [6.45, 7) is -0.0934. The van der Waals surface area contributed by atoms with Crippen LogP contribution >= 0.6 is 23.2 Å². The number of anilines is 1. The topological polar surface area (TPSA) is 58.6 Å². The minimum Gasteiger partial charge on any atom is -0.494 e. The molecule has 6 heteroatoms. The van der Waals surface area contributed by atoms with Crippen molar-refractivity contribution in [2.24, 2.45) is 0 Å². The van der Waals surface area contributed by atoms with E-state index in [1.54, 1.807) is 24.3 Å². The van der Waals surface area contributed by atoms with E-state index in [-0.39, 0.29) is 22.6 Å². The van der Waals surface area contributed by atoms with Gasteiger partial charge in [-0.3, -0.25) is 4.79 Å². The zero-order valence-corrected chi connectivity index (χ0v) is 12.7. The first kappa shape index (κ1) is 15.6. The predicted molar refractivity (Wildman–Crippen MR) is 83.3 cm³/mol. The molecule has 2 aromatic carbocycles. The minimum absolute atomic E-state index is 0.0934. The molecule has 0 atom stereocenters. The molecule has 2 rings (SSSR count). The lowest BCUT2D eigenvalue weighted by molar-refractivity contribution is 0.102. The van der Waals surface area contributed by atoms with Crippen molar-refractivity contribution < 1.29 is 14.6 Å². The molecule has 110 valence electrons. The maximum Gasteiger partial charge on any atom is 0.255 e. The summed E-state index contributed by atoms with van der Waals surface area (Å²) in [5, 5.41) is 12.3. The van der Waals surface area contributed by atoms with E-state index in [2.05, 4.69) is 5.32 Å². The Morgan fingerprint density at radius 3 is 2.48 bits per heavy atom. The molecule has 0 aromatic heterocycles. The van der Waals surface area contributed by atoms with Gasteiger partial charge in [0.05, 0.1) is 23.8 Å². The smallest absolute Gasteiger partial charge is 0.255 e. The summed E-state index contributed by atoms with van der Waals surface area (Å²) in [7, 11) is 1.45. The van der Waals surface area contributed by atoms with Gasteiger partial charge in [0.15, 0.2) is 5.75 Å². The van der Waals surface area contributed by atoms with Gasteiger partial charge in [-0.25, -0.2) is 0 Å². The molecule has 0 saturated carbocycles. The van der Waals surface area contributed by atoms with Crippen LogP contribution in [0.5, 0.6) is 5.75 Å². The molecule has 0 heterocycles. The molecule has 0 radical (unpaired) electrons. The molecule has 0 bridgehead atoms. The van der Waals surface area contributed by atoms with Crippen LogP contribution in [-0.4, -0.2) is 18.1 Å². The number of benzene rings is 2. The molecule has 0 aliphatic rings. The van der Waals surface area contributed by atoms with Crippen LogP contribution in [-0.2, 0) is 6.61 Å². The van der Waals surface area contributed by atoms with Crippen molar-refractivity contribution >= 4 is 34.8 Å². The van der Waals surface area contributed by atoms with Crippen LogP contribution in [0.2, 0.25) is 10.0 Å². The Labute approximate surface area is 132 Å². The van der Waals surface area contributed by atoms with E-state index in [1.165, 1.54) is 19.2 Å². The van der Waals surface area contributed by atoms with Crippen molar-refractivity contribution in [3.8, 4) is 5.75 Å². The Hall–Kier alpha value is -1.75. The van der Waals surface area contributed by atoms with Gasteiger partial charge in [0, 0.05) is 11.3 Å². The van der Waals surface area contributed by atoms with Gasteiger partial charge in [0.1, 0.15) is 0 Å². The number of aliphatic hydroxyl groups excluding tert-OH is 1. The highest BCUT2D eigenvalue weighted by Crippen LogP contribution is 2.34. The molecule has 0 aliphatic carbocycles. The Kier molecular flexibility index (Phi) is 5.07. The number of hydrogen-bond acceptors (Lipinski definition) is 3. The van der Waals surface area contributed by atoms with Crippen molar-refractivity contribution in [2.45, 2.75) is 6.61 Å². The predicted octanol–water partition coefficient (Wildman–Crippen LogP) is 3.75. The zero-order valence-electron chi connectivity index (χ0n) is 11.2. The fraction of sp³-hybridized carbons (Fsp3) is 0.133. The van der Waals surface area contributed by atoms with E-state index in [9.17, 15) is 4.79 Å². The molecule has 21 heavy (non-hydrogen) atoms. The Balaban J connectivity index is 2.24. The average Bonchev–Trinajstić information content (AvgIpc) is 2.47. The minimum atomic E-state index is -0.350. The Morgan fingerprint density at radius 2 is 1.90 bits per heavy atom. The number of carbonyl (C=O) groups is 1. The highest BCUT2D eigenvalue weighted by Gasteiger charge is 2.13. The van der Waals surface area contributed by atoms with Crippen LogP contribution in [0.3, 0.4) is 0 Å². The first-order chi connectivity index (χ1) is 10.0. The number of carbonyl (C=O) groups excluding carboxylic acids is 1. The van der Waals surface area contributed by atoms with Crippen LogP contribution in [0.15, 0.2) is 36.4 Å². The lowest BCUT2D eigenvalue weighted by Crippen LogP contribution is -2.12. The summed E-state index contributed by atoms with van der Waals surface area (Å²) in [4.78, 5) is 12.2. The van der Waals surface area contributed by atoms with Crippen molar-refractivity contribution in [3.05, 3.63) is 57.6 Å². The molecule has 0 fully saturated rings. The SMILES string of the molecule is COc1c(Cl)cc(C(=O)Nc2cccc(CO)c2)cc1Cl. The van der Waals surface area contributed by atoms with Crippen LogP contribution in [0.1, 0.15) is 15.9 Å². The molecule has 0 spiro atoms. The first-order valence-electron chi connectivity index (χ1n) is 6.09. The van der Waals surface area contributed by atoms with Crippen molar-refractivity contribution in [2.75, 3.05) is 12.4 Å². The molecular weight excluding hydrogens is 313 g/mol. The van der Waals surface area contributed by atoms with Gasteiger partial charge in [-0.05, 0) is 29.8 Å². The first-order valence-corrected chi connectivity index (χ1v) is 6.85. The summed E-state index contributed by atoms with van der Waals surface area (Å²) in [6.07, 6.45) is 0. The lowest BCUT2D eigenvalue weighted by atomic mass is 10.1. The largest absolute Gasteiger partial charge is 0.494 e. The summed E-state index contributed by atoms with van der Waals surface area (Å²) < 4.78 is 5.04. The number of halogens is 2. The molecular formula is C15H13Cl2NO3. The molecule has 2 aromatic rings. The van der Waals surface area contributed by atoms with Crippen molar-refractivity contribution in [1.29, 1.82) is 0 Å². The summed E-state index contributed by atoms with van der Waals surface area (Å²) in [6, 6.07) is 9.88. The van der Waals surface area contributed by atoms with Gasteiger partial charge >= 0.3 is 0 Å². The number of rotatable bonds is 4. The quantitative estimate of drug-likeness (QED) is 0.900. The van der Waals surface area contributed by atoms with Crippen LogP contribution in [0.4, 0.5) is 5.69 Å². The van der Waals surface area contributed by atoms with E-state index in [0.29, 0.717) is 22.6 Å². The number of ether oxygens (including phenoxy) is 1. The molecule has 1 amide bonds. The second kappa shape index (κ2) is 6.80. The van der Waals surface area contributed by atoms with Gasteiger partial charge in [0.2, 0.25) is 0 Å². The molecule has 0 aliphatic heterocycles. The van der Waals surface area contributed by atoms with E-state index in [1.807, 2.05) is 0 Å². The van der Waals surface area contributed by atoms with Gasteiger partial charge < -0.3 is 15.2 Å². The highest BCUT2D eigenvalue weighted by atomic mass is 35.5. The van der Waals surface area contributed by atoms with E-state index in [0.717, 1.165) is 0 Å². The fourth-order valence-electron chi connectivity index (χ4n) is 1.84. The molecule has 4 nitrogen and oxygen atoms in total. The van der Waals surface area contributed by atoms with Gasteiger partial charge in [-0.2, -0.15) is 0 Å². The van der Waals surface area contributed by atoms with E-state index < -0.39 is 0 Å². The number of amides is 1. The summed E-state index contributed by atoms with van der Waals surface area (Å²) >= 11 is 12.0. The van der Waals surface area contributed by atoms with Crippen LogP contribution < -0.4 is 10.1 Å². The molecule has 0 unspecified atom stereocenters. The van der Waals surface area contributed by atoms with Crippen LogP contribution in [0, 0.1) is 0 Å². The standard InChI is InChI=1S/C15H13Cl2NO3/c1-21-14-12(16)6-10(7-13(14)17)15(20)18-11-4-2-3-9(5-11)8-19/h2-7,19H,8H2,1H3,(H,18,20). The maximum atomic E-state index is 12.2.